The van der Waals surface area contributed by atoms with Crippen LogP contribution in [0.25, 0.3) is 10.9 Å². The number of piperidine rings is 1. The van der Waals surface area contributed by atoms with Gasteiger partial charge in [-0.15, -0.1) is 0 Å². The Morgan fingerprint density at radius 1 is 1.07 bits per heavy atom. The highest BCUT2D eigenvalue weighted by molar-refractivity contribution is 6.31. The summed E-state index contributed by atoms with van der Waals surface area (Å²) < 4.78 is 24.7. The van der Waals surface area contributed by atoms with E-state index in [4.69, 9.17) is 30.5 Å². The average molecular weight is 579 g/mol. The summed E-state index contributed by atoms with van der Waals surface area (Å²) in [5.41, 5.74) is 1.98. The lowest BCUT2D eigenvalue weighted by Crippen LogP contribution is -2.38. The number of Topliss-reactive ketones (excluding diaryl/α,β-unsaturated/α-hetero) is 1. The van der Waals surface area contributed by atoms with Gasteiger partial charge in [-0.2, -0.15) is 0 Å². The molecule has 3 aliphatic rings. The number of carbonyl (C=O) groups excluding carboxylic acids is 1. The summed E-state index contributed by atoms with van der Waals surface area (Å²) in [5.74, 6) is 3.78. The molecule has 1 aromatic heterocycles. The minimum Gasteiger partial charge on any atom is -0.489 e. The van der Waals surface area contributed by atoms with E-state index in [2.05, 4.69) is 23.7 Å². The van der Waals surface area contributed by atoms with Gasteiger partial charge in [0.05, 0.1) is 17.5 Å². The van der Waals surface area contributed by atoms with Gasteiger partial charge in [0.25, 0.3) is 0 Å². The number of likely N-dealkylation sites (tertiary alicyclic amines) is 1. The molecule has 0 unspecified atom stereocenters. The van der Waals surface area contributed by atoms with E-state index in [0.717, 1.165) is 49.8 Å². The van der Waals surface area contributed by atoms with Gasteiger partial charge in [0.15, 0.2) is 11.5 Å². The van der Waals surface area contributed by atoms with Gasteiger partial charge in [0.1, 0.15) is 30.5 Å². The smallest absolute Gasteiger partial charge is 0.204 e. The maximum Gasteiger partial charge on any atom is 0.204 e. The molecular formula is C33H39ClN2O5. The Labute approximate surface area is 247 Å². The Bertz CT molecular complexity index is 1410. The van der Waals surface area contributed by atoms with Gasteiger partial charge in [-0.3, -0.25) is 9.78 Å². The van der Waals surface area contributed by atoms with Crippen molar-refractivity contribution in [3.8, 4) is 28.7 Å². The molecule has 2 fully saturated rings. The topological polar surface area (TPSA) is 70.1 Å². The zero-order valence-electron chi connectivity index (χ0n) is 24.0. The maximum atomic E-state index is 12.3. The second-order valence-electron chi connectivity index (χ2n) is 12.4. The number of hydrogen-bond donors (Lipinski definition) is 0. The van der Waals surface area contributed by atoms with E-state index in [1.807, 2.05) is 24.3 Å². The summed E-state index contributed by atoms with van der Waals surface area (Å²) in [5, 5.41) is 1.25. The molecule has 0 N–H and O–H groups in total. The normalized spacial score (nSPS) is 18.3. The first-order chi connectivity index (χ1) is 19.8. The van der Waals surface area contributed by atoms with Crippen LogP contribution in [0.2, 0.25) is 5.02 Å². The molecule has 2 aromatic carbocycles. The van der Waals surface area contributed by atoms with Gasteiger partial charge in [-0.05, 0) is 80.3 Å². The molecular weight excluding hydrogens is 540 g/mol. The lowest BCUT2D eigenvalue weighted by Gasteiger charge is -2.36. The number of nitrogens with zero attached hydrogens (tertiary/aromatic N) is 2. The minimum atomic E-state index is 0.237. The standard InChI is InChI=1S/C33H39ClN2O5/c1-33(2)9-13-36(14-10-33)12-3-15-38-29-21-27-30(32-31(29)39-16-17-40-32)28(8-11-35-27)41-25-7-6-23(26(34)20-25)19-24(37)18-22-4-5-22/h6-8,11,20-22H,3-5,9-10,12-19H2,1-2H3. The van der Waals surface area contributed by atoms with Crippen molar-refractivity contribution in [1.29, 1.82) is 0 Å². The van der Waals surface area contributed by atoms with Crippen molar-refractivity contribution in [2.45, 2.75) is 58.8 Å². The molecule has 0 bridgehead atoms. The molecule has 1 aliphatic carbocycles. The first-order valence-electron chi connectivity index (χ1n) is 14.9. The summed E-state index contributed by atoms with van der Waals surface area (Å²) in [6.45, 7) is 9.50. The van der Waals surface area contributed by atoms with Crippen molar-refractivity contribution >= 4 is 28.3 Å². The fourth-order valence-electron chi connectivity index (χ4n) is 5.61. The Balaban J connectivity index is 1.16. The van der Waals surface area contributed by atoms with Crippen LogP contribution >= 0.6 is 11.6 Å². The molecule has 6 rings (SSSR count). The van der Waals surface area contributed by atoms with Gasteiger partial charge in [-0.25, -0.2) is 0 Å². The van der Waals surface area contributed by atoms with E-state index < -0.39 is 0 Å². The third-order valence-corrected chi connectivity index (χ3v) is 8.73. The van der Waals surface area contributed by atoms with Crippen molar-refractivity contribution in [3.05, 3.63) is 47.1 Å². The van der Waals surface area contributed by atoms with Gasteiger partial charge in [0, 0.05) is 36.7 Å². The van der Waals surface area contributed by atoms with Crippen LogP contribution in [0.5, 0.6) is 28.7 Å². The molecule has 7 nitrogen and oxygen atoms in total. The van der Waals surface area contributed by atoms with Crippen LogP contribution in [0, 0.1) is 11.3 Å². The largest absolute Gasteiger partial charge is 0.489 e. The Morgan fingerprint density at radius 2 is 1.85 bits per heavy atom. The highest BCUT2D eigenvalue weighted by Crippen LogP contribution is 2.48. The van der Waals surface area contributed by atoms with Crippen molar-refractivity contribution in [3.63, 3.8) is 0 Å². The van der Waals surface area contributed by atoms with Gasteiger partial charge >= 0.3 is 0 Å². The summed E-state index contributed by atoms with van der Waals surface area (Å²) in [7, 11) is 0. The van der Waals surface area contributed by atoms with Crippen LogP contribution in [-0.2, 0) is 11.2 Å². The number of rotatable bonds is 11. The van der Waals surface area contributed by atoms with Crippen LogP contribution in [0.3, 0.4) is 0 Å². The van der Waals surface area contributed by atoms with Gasteiger partial charge in [0.2, 0.25) is 5.75 Å². The lowest BCUT2D eigenvalue weighted by molar-refractivity contribution is -0.118. The number of halogens is 1. The van der Waals surface area contributed by atoms with E-state index in [9.17, 15) is 4.79 Å². The average Bonchev–Trinajstić information content (AvgIpc) is 3.77. The Kier molecular flexibility index (Phi) is 8.27. The molecule has 0 spiro atoms. The predicted octanol–water partition coefficient (Wildman–Crippen LogP) is 7.25. The molecule has 1 saturated heterocycles. The highest BCUT2D eigenvalue weighted by atomic mass is 35.5. The van der Waals surface area contributed by atoms with E-state index in [1.165, 1.54) is 12.8 Å². The van der Waals surface area contributed by atoms with Crippen LogP contribution in [0.1, 0.15) is 57.9 Å². The van der Waals surface area contributed by atoms with Crippen LogP contribution in [-0.4, -0.2) is 55.1 Å². The SMILES string of the molecule is CC1(C)CCN(CCCOc2cc3nccc(Oc4ccc(CC(=O)CC5CC5)c(Cl)c4)c3c3c2OCCO3)CC1. The van der Waals surface area contributed by atoms with E-state index in [0.29, 0.717) is 83.3 Å². The third kappa shape index (κ3) is 6.90. The van der Waals surface area contributed by atoms with E-state index in [-0.39, 0.29) is 5.78 Å². The second kappa shape index (κ2) is 12.1. The zero-order chi connectivity index (χ0) is 28.4. The Hall–Kier alpha value is -3.03. The number of benzene rings is 2. The van der Waals surface area contributed by atoms with E-state index >= 15 is 0 Å². The summed E-state index contributed by atoms with van der Waals surface area (Å²) in [6.07, 6.45) is 8.45. The molecule has 0 atom stereocenters. The van der Waals surface area contributed by atoms with Crippen molar-refractivity contribution in [2.24, 2.45) is 11.3 Å². The molecule has 3 heterocycles. The molecule has 8 heteroatoms. The summed E-state index contributed by atoms with van der Waals surface area (Å²) in [4.78, 5) is 19.5. The summed E-state index contributed by atoms with van der Waals surface area (Å²) in [6, 6.07) is 9.20. The number of pyridine rings is 1. The monoisotopic (exact) mass is 578 g/mol. The fraction of sp³-hybridized carbons (Fsp3) is 0.515. The predicted molar refractivity (Wildman–Crippen MR) is 160 cm³/mol. The number of aromatic nitrogens is 1. The van der Waals surface area contributed by atoms with Crippen molar-refractivity contribution in [2.75, 3.05) is 39.5 Å². The van der Waals surface area contributed by atoms with Crippen molar-refractivity contribution < 1.29 is 23.7 Å². The van der Waals surface area contributed by atoms with Crippen LogP contribution in [0.4, 0.5) is 0 Å². The molecule has 41 heavy (non-hydrogen) atoms. The van der Waals surface area contributed by atoms with Gasteiger partial charge < -0.3 is 23.8 Å². The molecule has 1 saturated carbocycles. The fourth-order valence-corrected chi connectivity index (χ4v) is 5.85. The minimum absolute atomic E-state index is 0.237. The number of hydrogen-bond acceptors (Lipinski definition) is 7. The zero-order valence-corrected chi connectivity index (χ0v) is 24.8. The van der Waals surface area contributed by atoms with Crippen LogP contribution < -0.4 is 18.9 Å². The van der Waals surface area contributed by atoms with E-state index in [1.54, 1.807) is 12.3 Å². The number of fused-ring (bicyclic) bond motifs is 3. The summed E-state index contributed by atoms with van der Waals surface area (Å²) >= 11 is 6.56. The highest BCUT2D eigenvalue weighted by Gasteiger charge is 2.27. The molecule has 218 valence electrons. The van der Waals surface area contributed by atoms with Crippen molar-refractivity contribution in [1.82, 2.24) is 9.88 Å². The third-order valence-electron chi connectivity index (χ3n) is 8.38. The number of carbonyl (C=O) groups is 1. The molecule has 0 amide bonds. The Morgan fingerprint density at radius 3 is 2.61 bits per heavy atom. The quantitative estimate of drug-likeness (QED) is 0.222. The molecule has 0 radical (unpaired) electrons. The first-order valence-corrected chi connectivity index (χ1v) is 15.3. The number of ketones is 1. The lowest BCUT2D eigenvalue weighted by atomic mass is 9.83. The van der Waals surface area contributed by atoms with Crippen LogP contribution in [0.15, 0.2) is 36.5 Å². The molecule has 2 aliphatic heterocycles. The first kappa shape index (κ1) is 28.1. The second-order valence-corrected chi connectivity index (χ2v) is 12.8. The van der Waals surface area contributed by atoms with Gasteiger partial charge in [-0.1, -0.05) is 31.5 Å². The maximum absolute atomic E-state index is 12.3. The number of ether oxygens (including phenoxy) is 4. The molecule has 3 aromatic rings.